The molecular formula is C11H17ClN2S. The number of aromatic nitrogens is 2. The van der Waals surface area contributed by atoms with E-state index in [1.807, 2.05) is 13.8 Å². The van der Waals surface area contributed by atoms with E-state index in [9.17, 15) is 0 Å². The molecule has 0 saturated carbocycles. The van der Waals surface area contributed by atoms with E-state index < -0.39 is 0 Å². The van der Waals surface area contributed by atoms with Gasteiger partial charge in [0.2, 0.25) is 0 Å². The molecule has 84 valence electrons. The van der Waals surface area contributed by atoms with Crippen LogP contribution in [-0.2, 0) is 0 Å². The number of unbranched alkanes of at least 4 members (excludes halogenated alkanes) is 2. The van der Waals surface area contributed by atoms with Crippen LogP contribution in [-0.4, -0.2) is 15.7 Å². The highest BCUT2D eigenvalue weighted by Crippen LogP contribution is 2.25. The van der Waals surface area contributed by atoms with Crippen LogP contribution in [0.15, 0.2) is 5.03 Å². The van der Waals surface area contributed by atoms with E-state index in [0.29, 0.717) is 5.15 Å². The fourth-order valence-electron chi connectivity index (χ4n) is 1.23. The third-order valence-electron chi connectivity index (χ3n) is 2.14. The Morgan fingerprint density at radius 3 is 2.60 bits per heavy atom. The average molecular weight is 245 g/mol. The fourth-order valence-corrected chi connectivity index (χ4v) is 2.55. The van der Waals surface area contributed by atoms with E-state index in [0.717, 1.165) is 22.2 Å². The van der Waals surface area contributed by atoms with E-state index in [1.165, 1.54) is 19.3 Å². The van der Waals surface area contributed by atoms with Crippen molar-refractivity contribution in [3.63, 3.8) is 0 Å². The second-order valence-corrected chi connectivity index (χ2v) is 4.99. The molecule has 0 aliphatic carbocycles. The van der Waals surface area contributed by atoms with Crippen molar-refractivity contribution in [2.75, 3.05) is 5.75 Å². The lowest BCUT2D eigenvalue weighted by Gasteiger charge is -2.06. The highest BCUT2D eigenvalue weighted by Gasteiger charge is 2.07. The van der Waals surface area contributed by atoms with Crippen LogP contribution in [0.4, 0.5) is 0 Å². The Bertz CT molecular complexity index is 329. The first-order valence-corrected chi connectivity index (χ1v) is 6.65. The van der Waals surface area contributed by atoms with Gasteiger partial charge in [0, 0.05) is 5.56 Å². The number of halogens is 1. The van der Waals surface area contributed by atoms with Crippen molar-refractivity contribution in [2.24, 2.45) is 0 Å². The van der Waals surface area contributed by atoms with Gasteiger partial charge in [-0.1, -0.05) is 31.4 Å². The maximum Gasteiger partial charge on any atom is 0.136 e. The third-order valence-corrected chi connectivity index (χ3v) is 3.67. The second-order valence-electron chi connectivity index (χ2n) is 3.55. The van der Waals surface area contributed by atoms with Crippen LogP contribution in [0.5, 0.6) is 0 Å². The summed E-state index contributed by atoms with van der Waals surface area (Å²) in [6.07, 6.45) is 3.77. The van der Waals surface area contributed by atoms with Crippen LogP contribution in [0.1, 0.15) is 37.6 Å². The summed E-state index contributed by atoms with van der Waals surface area (Å²) in [6.45, 7) is 6.06. The van der Waals surface area contributed by atoms with Gasteiger partial charge in [-0.05, 0) is 26.0 Å². The van der Waals surface area contributed by atoms with Gasteiger partial charge in [-0.2, -0.15) is 0 Å². The van der Waals surface area contributed by atoms with Crippen molar-refractivity contribution in [2.45, 2.75) is 45.1 Å². The number of aryl methyl sites for hydroxylation is 1. The largest absolute Gasteiger partial charge is 0.227 e. The second kappa shape index (κ2) is 6.33. The number of nitrogens with zero attached hydrogens (tertiary/aromatic N) is 2. The molecule has 0 saturated heterocycles. The zero-order valence-corrected chi connectivity index (χ0v) is 11.1. The molecule has 15 heavy (non-hydrogen) atoms. The molecule has 2 nitrogen and oxygen atoms in total. The van der Waals surface area contributed by atoms with E-state index in [-0.39, 0.29) is 0 Å². The summed E-state index contributed by atoms with van der Waals surface area (Å²) in [5.74, 6) is 1.87. The average Bonchev–Trinajstić information content (AvgIpc) is 2.19. The predicted molar refractivity (Wildman–Crippen MR) is 66.8 cm³/mol. The van der Waals surface area contributed by atoms with Crippen molar-refractivity contribution in [1.82, 2.24) is 9.97 Å². The first kappa shape index (κ1) is 12.8. The van der Waals surface area contributed by atoms with Crippen molar-refractivity contribution in [1.29, 1.82) is 0 Å². The van der Waals surface area contributed by atoms with Gasteiger partial charge in [-0.25, -0.2) is 9.97 Å². The molecule has 1 aromatic rings. The Balaban J connectivity index is 2.60. The van der Waals surface area contributed by atoms with Crippen LogP contribution in [0.3, 0.4) is 0 Å². The normalized spacial score (nSPS) is 10.7. The van der Waals surface area contributed by atoms with Crippen molar-refractivity contribution < 1.29 is 0 Å². The molecule has 0 aliphatic rings. The monoisotopic (exact) mass is 244 g/mol. The molecule has 0 N–H and O–H groups in total. The minimum Gasteiger partial charge on any atom is -0.227 e. The van der Waals surface area contributed by atoms with Crippen LogP contribution >= 0.6 is 23.4 Å². The summed E-state index contributed by atoms with van der Waals surface area (Å²) in [5.41, 5.74) is 1.00. The Hall–Kier alpha value is -0.280. The molecule has 4 heteroatoms. The van der Waals surface area contributed by atoms with Gasteiger partial charge >= 0.3 is 0 Å². The molecule has 0 bridgehead atoms. The number of thioether (sulfide) groups is 1. The number of rotatable bonds is 5. The van der Waals surface area contributed by atoms with Gasteiger partial charge in [0.25, 0.3) is 0 Å². The maximum absolute atomic E-state index is 5.99. The highest BCUT2D eigenvalue weighted by molar-refractivity contribution is 7.99. The molecule has 0 amide bonds. The summed E-state index contributed by atoms with van der Waals surface area (Å²) in [5, 5.41) is 1.61. The molecule has 1 heterocycles. The van der Waals surface area contributed by atoms with Crippen molar-refractivity contribution in [3.8, 4) is 0 Å². The lowest BCUT2D eigenvalue weighted by atomic mass is 10.3. The molecule has 0 fully saturated rings. The van der Waals surface area contributed by atoms with E-state index >= 15 is 0 Å². The minimum absolute atomic E-state index is 0.584. The smallest absolute Gasteiger partial charge is 0.136 e. The van der Waals surface area contributed by atoms with Crippen LogP contribution < -0.4 is 0 Å². The molecular weight excluding hydrogens is 228 g/mol. The Kier molecular flexibility index (Phi) is 5.40. The van der Waals surface area contributed by atoms with Gasteiger partial charge in [0.15, 0.2) is 0 Å². The van der Waals surface area contributed by atoms with Gasteiger partial charge < -0.3 is 0 Å². The van der Waals surface area contributed by atoms with Gasteiger partial charge in [0.05, 0.1) is 0 Å². The summed E-state index contributed by atoms with van der Waals surface area (Å²) < 4.78 is 0. The molecule has 0 spiro atoms. The van der Waals surface area contributed by atoms with Gasteiger partial charge in [0.1, 0.15) is 16.0 Å². The van der Waals surface area contributed by atoms with E-state index in [2.05, 4.69) is 16.9 Å². The Morgan fingerprint density at radius 2 is 1.93 bits per heavy atom. The maximum atomic E-state index is 5.99. The predicted octanol–water partition coefficient (Wildman–Crippen LogP) is 4.03. The van der Waals surface area contributed by atoms with Crippen LogP contribution in [0, 0.1) is 13.8 Å². The lowest BCUT2D eigenvalue weighted by molar-refractivity contribution is 0.777. The Labute approximate surface area is 101 Å². The first-order valence-electron chi connectivity index (χ1n) is 5.28. The van der Waals surface area contributed by atoms with Crippen LogP contribution in [0.2, 0.25) is 5.15 Å². The molecule has 0 unspecified atom stereocenters. The standard InChI is InChI=1S/C11H17ClN2S/c1-4-5-6-7-15-11-8(2)10(12)13-9(3)14-11/h4-7H2,1-3H3. The number of hydrogen-bond acceptors (Lipinski definition) is 3. The van der Waals surface area contributed by atoms with Gasteiger partial charge in [-0.3, -0.25) is 0 Å². The van der Waals surface area contributed by atoms with Crippen molar-refractivity contribution in [3.05, 3.63) is 16.5 Å². The van der Waals surface area contributed by atoms with E-state index in [4.69, 9.17) is 11.6 Å². The number of hydrogen-bond donors (Lipinski definition) is 0. The van der Waals surface area contributed by atoms with Crippen LogP contribution in [0.25, 0.3) is 0 Å². The van der Waals surface area contributed by atoms with Crippen molar-refractivity contribution >= 4 is 23.4 Å². The zero-order valence-electron chi connectivity index (χ0n) is 9.51. The molecule has 0 radical (unpaired) electrons. The zero-order chi connectivity index (χ0) is 11.3. The quantitative estimate of drug-likeness (QED) is 0.444. The third kappa shape index (κ3) is 3.99. The fraction of sp³-hybridized carbons (Fsp3) is 0.636. The Morgan fingerprint density at radius 1 is 1.20 bits per heavy atom. The molecule has 0 aliphatic heterocycles. The minimum atomic E-state index is 0.584. The first-order chi connectivity index (χ1) is 7.15. The molecule has 0 aromatic carbocycles. The summed E-state index contributed by atoms with van der Waals surface area (Å²) in [7, 11) is 0. The topological polar surface area (TPSA) is 25.8 Å². The molecule has 1 aromatic heterocycles. The summed E-state index contributed by atoms with van der Waals surface area (Å²) >= 11 is 7.77. The van der Waals surface area contributed by atoms with E-state index in [1.54, 1.807) is 11.8 Å². The highest BCUT2D eigenvalue weighted by atomic mass is 35.5. The van der Waals surface area contributed by atoms with Gasteiger partial charge in [-0.15, -0.1) is 11.8 Å². The summed E-state index contributed by atoms with van der Waals surface area (Å²) in [6, 6.07) is 0. The lowest BCUT2D eigenvalue weighted by Crippen LogP contribution is -1.95. The summed E-state index contributed by atoms with van der Waals surface area (Å²) in [4.78, 5) is 8.52. The SMILES string of the molecule is CCCCCSc1nc(C)nc(Cl)c1C. The molecule has 0 atom stereocenters. The molecule has 1 rings (SSSR count).